The normalized spacial score (nSPS) is 13.4. The molecule has 0 radical (unpaired) electrons. The Kier molecular flexibility index (Phi) is 3.23. The van der Waals surface area contributed by atoms with Crippen molar-refractivity contribution >= 4 is 5.65 Å². The first-order valence-electron chi connectivity index (χ1n) is 5.67. The third-order valence-electron chi connectivity index (χ3n) is 2.52. The molecule has 0 aromatic carbocycles. The van der Waals surface area contributed by atoms with Crippen LogP contribution in [0.25, 0.3) is 5.65 Å². The van der Waals surface area contributed by atoms with E-state index >= 15 is 0 Å². The van der Waals surface area contributed by atoms with Crippen molar-refractivity contribution in [1.29, 1.82) is 0 Å². The summed E-state index contributed by atoms with van der Waals surface area (Å²) >= 11 is 0. The molecule has 0 bridgehead atoms. The smallest absolute Gasteiger partial charge is 0.364 e. The van der Waals surface area contributed by atoms with Crippen LogP contribution in [0.3, 0.4) is 0 Å². The molecule has 17 heavy (non-hydrogen) atoms. The van der Waals surface area contributed by atoms with Crippen LogP contribution in [0.2, 0.25) is 0 Å². The topological polar surface area (TPSA) is 83.3 Å². The van der Waals surface area contributed by atoms with Crippen molar-refractivity contribution in [3.05, 3.63) is 28.3 Å². The van der Waals surface area contributed by atoms with E-state index in [9.17, 15) is 9.90 Å². The van der Waals surface area contributed by atoms with E-state index in [1.807, 2.05) is 0 Å². The van der Waals surface area contributed by atoms with Gasteiger partial charge in [-0.15, -0.1) is 0 Å². The van der Waals surface area contributed by atoms with Crippen molar-refractivity contribution in [2.75, 3.05) is 0 Å². The van der Waals surface area contributed by atoms with Crippen LogP contribution in [-0.2, 0) is 6.42 Å². The Balaban J connectivity index is 2.19. The van der Waals surface area contributed by atoms with Crippen LogP contribution in [0.4, 0.5) is 0 Å². The molecule has 1 unspecified atom stereocenters. The van der Waals surface area contributed by atoms with E-state index < -0.39 is 6.10 Å². The summed E-state index contributed by atoms with van der Waals surface area (Å²) in [7, 11) is 0. The Labute approximate surface area is 98.3 Å². The Morgan fingerprint density at radius 1 is 1.47 bits per heavy atom. The average molecular weight is 236 g/mol. The van der Waals surface area contributed by atoms with Gasteiger partial charge < -0.3 is 5.11 Å². The maximum Gasteiger partial charge on any atom is 0.364 e. The van der Waals surface area contributed by atoms with Crippen LogP contribution >= 0.6 is 0 Å². The van der Waals surface area contributed by atoms with E-state index in [0.717, 1.165) is 6.42 Å². The number of nitrogens with zero attached hydrogens (tertiary/aromatic N) is 3. The van der Waals surface area contributed by atoms with Gasteiger partial charge in [-0.1, -0.05) is 13.8 Å². The van der Waals surface area contributed by atoms with Gasteiger partial charge in [0, 0.05) is 6.42 Å². The van der Waals surface area contributed by atoms with E-state index in [-0.39, 0.29) is 5.69 Å². The predicted octanol–water partition coefficient (Wildman–Crippen LogP) is 0.367. The molecule has 6 heteroatoms. The maximum absolute atomic E-state index is 11.3. The van der Waals surface area contributed by atoms with Gasteiger partial charge in [-0.05, 0) is 24.5 Å². The van der Waals surface area contributed by atoms with Crippen molar-refractivity contribution in [3.63, 3.8) is 0 Å². The SMILES string of the molecule is CC(C)CC(O)Cc1ccc2n[nH]c(=O)n2n1. The van der Waals surface area contributed by atoms with Crippen molar-refractivity contribution < 1.29 is 5.11 Å². The van der Waals surface area contributed by atoms with Crippen LogP contribution in [0.5, 0.6) is 0 Å². The van der Waals surface area contributed by atoms with Gasteiger partial charge in [0.2, 0.25) is 0 Å². The summed E-state index contributed by atoms with van der Waals surface area (Å²) in [6.45, 7) is 4.11. The predicted molar refractivity (Wildman–Crippen MR) is 62.8 cm³/mol. The van der Waals surface area contributed by atoms with E-state index in [4.69, 9.17) is 0 Å². The number of fused-ring (bicyclic) bond motifs is 1. The fourth-order valence-electron chi connectivity index (χ4n) is 1.82. The molecule has 2 aromatic heterocycles. The second kappa shape index (κ2) is 4.67. The lowest BCUT2D eigenvalue weighted by atomic mass is 10.0. The summed E-state index contributed by atoms with van der Waals surface area (Å²) in [5.74, 6) is 0.436. The number of rotatable bonds is 4. The van der Waals surface area contributed by atoms with Crippen LogP contribution in [0.15, 0.2) is 16.9 Å². The number of aliphatic hydroxyl groups is 1. The lowest BCUT2D eigenvalue weighted by Crippen LogP contribution is -2.18. The zero-order valence-electron chi connectivity index (χ0n) is 9.92. The molecule has 0 spiro atoms. The molecule has 0 aliphatic rings. The summed E-state index contributed by atoms with van der Waals surface area (Å²) in [5, 5.41) is 20.1. The molecule has 0 saturated heterocycles. The molecule has 2 N–H and O–H groups in total. The summed E-state index contributed by atoms with van der Waals surface area (Å²) in [4.78, 5) is 11.3. The van der Waals surface area contributed by atoms with Crippen LogP contribution in [-0.4, -0.2) is 31.0 Å². The Morgan fingerprint density at radius 2 is 2.24 bits per heavy atom. The molecule has 1 atom stereocenters. The second-order valence-corrected chi connectivity index (χ2v) is 4.61. The average Bonchev–Trinajstić information content (AvgIpc) is 2.59. The Morgan fingerprint density at radius 3 is 2.94 bits per heavy atom. The van der Waals surface area contributed by atoms with Crippen LogP contribution < -0.4 is 5.69 Å². The van der Waals surface area contributed by atoms with E-state index in [0.29, 0.717) is 23.7 Å². The zero-order chi connectivity index (χ0) is 12.4. The molecule has 0 aliphatic carbocycles. The van der Waals surface area contributed by atoms with Crippen LogP contribution in [0.1, 0.15) is 26.0 Å². The molecule has 2 aromatic rings. The van der Waals surface area contributed by atoms with Gasteiger partial charge in [0.25, 0.3) is 0 Å². The number of aliphatic hydroxyl groups excluding tert-OH is 1. The van der Waals surface area contributed by atoms with Gasteiger partial charge in [-0.25, -0.2) is 9.89 Å². The van der Waals surface area contributed by atoms with Gasteiger partial charge in [-0.3, -0.25) is 0 Å². The lowest BCUT2D eigenvalue weighted by molar-refractivity contribution is 0.147. The quantitative estimate of drug-likeness (QED) is 0.803. The van der Waals surface area contributed by atoms with Gasteiger partial charge in [-0.2, -0.15) is 14.7 Å². The zero-order valence-corrected chi connectivity index (χ0v) is 9.92. The summed E-state index contributed by atoms with van der Waals surface area (Å²) < 4.78 is 1.21. The minimum absolute atomic E-state index is 0.361. The highest BCUT2D eigenvalue weighted by Gasteiger charge is 2.10. The molecule has 2 heterocycles. The van der Waals surface area contributed by atoms with Gasteiger partial charge in [0.1, 0.15) is 0 Å². The molecule has 92 valence electrons. The number of nitrogens with one attached hydrogen (secondary N) is 1. The fourth-order valence-corrected chi connectivity index (χ4v) is 1.82. The first kappa shape index (κ1) is 11.8. The second-order valence-electron chi connectivity index (χ2n) is 4.61. The van der Waals surface area contributed by atoms with Crippen molar-refractivity contribution in [2.45, 2.75) is 32.8 Å². The highest BCUT2D eigenvalue weighted by molar-refractivity contribution is 5.34. The van der Waals surface area contributed by atoms with Crippen molar-refractivity contribution in [3.8, 4) is 0 Å². The van der Waals surface area contributed by atoms with Crippen LogP contribution in [0, 0.1) is 5.92 Å². The third kappa shape index (κ3) is 2.71. The molecule has 6 nitrogen and oxygen atoms in total. The van der Waals surface area contributed by atoms with Crippen molar-refractivity contribution in [1.82, 2.24) is 19.8 Å². The standard InChI is InChI=1S/C11H16N4O2/c1-7(2)5-9(16)6-8-3-4-10-12-13-11(17)15(10)14-8/h3-4,7,9,16H,5-6H2,1-2H3,(H,13,17). The monoisotopic (exact) mass is 236 g/mol. The number of hydrogen-bond acceptors (Lipinski definition) is 4. The molecular formula is C11H16N4O2. The van der Waals surface area contributed by atoms with E-state index in [2.05, 4.69) is 29.1 Å². The maximum atomic E-state index is 11.3. The van der Waals surface area contributed by atoms with Gasteiger partial charge in [0.05, 0.1) is 11.8 Å². The van der Waals surface area contributed by atoms with E-state index in [1.165, 1.54) is 4.52 Å². The first-order valence-corrected chi connectivity index (χ1v) is 5.67. The molecule has 2 rings (SSSR count). The lowest BCUT2D eigenvalue weighted by Gasteiger charge is -2.11. The summed E-state index contributed by atoms with van der Waals surface area (Å²) in [6, 6.07) is 3.49. The highest BCUT2D eigenvalue weighted by Crippen LogP contribution is 2.09. The number of H-pyrrole nitrogens is 1. The summed E-state index contributed by atoms with van der Waals surface area (Å²) in [6.07, 6.45) is 0.744. The molecule has 0 fully saturated rings. The largest absolute Gasteiger partial charge is 0.393 e. The Hall–Kier alpha value is -1.69. The minimum atomic E-state index is -0.428. The highest BCUT2D eigenvalue weighted by atomic mass is 16.3. The number of aromatic nitrogens is 4. The Bertz CT molecular complexity index is 558. The first-order chi connectivity index (χ1) is 8.06. The molecular weight excluding hydrogens is 220 g/mol. The summed E-state index contributed by atoms with van der Waals surface area (Å²) in [5.41, 5.74) is 0.812. The number of aromatic amines is 1. The van der Waals surface area contributed by atoms with E-state index in [1.54, 1.807) is 12.1 Å². The molecule has 0 aliphatic heterocycles. The molecule has 0 saturated carbocycles. The van der Waals surface area contributed by atoms with Gasteiger partial charge >= 0.3 is 5.69 Å². The van der Waals surface area contributed by atoms with Gasteiger partial charge in [0.15, 0.2) is 5.65 Å². The minimum Gasteiger partial charge on any atom is -0.393 e. The number of hydrogen-bond donors (Lipinski definition) is 2. The molecule has 0 amide bonds. The third-order valence-corrected chi connectivity index (χ3v) is 2.52. The van der Waals surface area contributed by atoms with Crippen molar-refractivity contribution in [2.24, 2.45) is 5.92 Å². The fraction of sp³-hybridized carbons (Fsp3) is 0.545.